The summed E-state index contributed by atoms with van der Waals surface area (Å²) in [5.74, 6) is 0. The van der Waals surface area contributed by atoms with Crippen molar-refractivity contribution in [2.45, 2.75) is 13.8 Å². The van der Waals surface area contributed by atoms with Gasteiger partial charge in [-0.3, -0.25) is 0 Å². The summed E-state index contributed by atoms with van der Waals surface area (Å²) < 4.78 is 8.41. The molecule has 0 saturated heterocycles. The molecule has 0 unspecified atom stereocenters. The first kappa shape index (κ1) is 20.1. The highest BCUT2D eigenvalue weighted by molar-refractivity contribution is 6.08. The molecule has 34 heavy (non-hydrogen) atoms. The Morgan fingerprint density at radius 2 is 1.65 bits per heavy atom. The molecule has 0 amide bonds. The van der Waals surface area contributed by atoms with Crippen molar-refractivity contribution in [3.63, 3.8) is 0 Å². The molecule has 2 aromatic heterocycles. The number of rotatable bonds is 3. The molecule has 0 aliphatic heterocycles. The van der Waals surface area contributed by atoms with Gasteiger partial charge in [-0.2, -0.15) is 5.26 Å². The van der Waals surface area contributed by atoms with E-state index in [1.54, 1.807) is 6.07 Å². The average Bonchev–Trinajstić information content (AvgIpc) is 3.39. The molecule has 162 valence electrons. The first-order valence-electron chi connectivity index (χ1n) is 11.4. The fraction of sp³-hybridized carbons (Fsp3) is 0.0645. The van der Waals surface area contributed by atoms with E-state index >= 15 is 0 Å². The Hall–Kier alpha value is -4.55. The van der Waals surface area contributed by atoms with Gasteiger partial charge in [0.25, 0.3) is 0 Å². The van der Waals surface area contributed by atoms with Crippen molar-refractivity contribution in [2.24, 2.45) is 0 Å². The Balaban J connectivity index is 1.64. The molecule has 0 bridgehead atoms. The van der Waals surface area contributed by atoms with Crippen molar-refractivity contribution in [2.75, 3.05) is 0 Å². The summed E-state index contributed by atoms with van der Waals surface area (Å²) in [5, 5.41) is 12.7. The lowest BCUT2D eigenvalue weighted by molar-refractivity contribution is 0.667. The maximum Gasteiger partial charge on any atom is 0.153 e. The van der Waals surface area contributed by atoms with E-state index in [1.165, 1.54) is 22.2 Å². The van der Waals surface area contributed by atoms with Crippen LogP contribution in [0.5, 0.6) is 0 Å². The second-order valence-corrected chi connectivity index (χ2v) is 8.49. The highest BCUT2D eigenvalue weighted by atomic mass is 16.3. The van der Waals surface area contributed by atoms with Gasteiger partial charge in [-0.05, 0) is 61.4 Å². The third-order valence-corrected chi connectivity index (χ3v) is 6.57. The highest BCUT2D eigenvalue weighted by Gasteiger charge is 2.17. The molecule has 0 atom stereocenters. The predicted octanol–water partition coefficient (Wildman–Crippen LogP) is 8.41. The fourth-order valence-electron chi connectivity index (χ4n) is 5.00. The first-order valence-corrected chi connectivity index (χ1v) is 11.4. The Kier molecular flexibility index (Phi) is 4.60. The van der Waals surface area contributed by atoms with Gasteiger partial charge in [-0.25, -0.2) is 0 Å². The highest BCUT2D eigenvalue weighted by Crippen LogP contribution is 2.38. The van der Waals surface area contributed by atoms with E-state index in [0.29, 0.717) is 11.1 Å². The maximum absolute atomic E-state index is 9.50. The van der Waals surface area contributed by atoms with E-state index in [1.807, 2.05) is 18.2 Å². The number of fused-ring (bicyclic) bond motifs is 4. The lowest BCUT2D eigenvalue weighted by atomic mass is 10.0. The zero-order valence-corrected chi connectivity index (χ0v) is 19.0. The summed E-state index contributed by atoms with van der Waals surface area (Å²) in [5.41, 5.74) is 9.01. The van der Waals surface area contributed by atoms with Crippen LogP contribution in [0, 0.1) is 18.3 Å². The van der Waals surface area contributed by atoms with E-state index in [9.17, 15) is 5.26 Å². The van der Waals surface area contributed by atoms with Crippen LogP contribution in [0.15, 0.2) is 95.4 Å². The largest absolute Gasteiger partial charge is 0.455 e. The quantitative estimate of drug-likeness (QED) is 0.278. The van der Waals surface area contributed by atoms with Crippen molar-refractivity contribution in [3.8, 4) is 22.9 Å². The normalized spacial score (nSPS) is 11.7. The van der Waals surface area contributed by atoms with Gasteiger partial charge in [0.1, 0.15) is 11.7 Å². The molecule has 0 N–H and O–H groups in total. The smallest absolute Gasteiger partial charge is 0.153 e. The van der Waals surface area contributed by atoms with Crippen molar-refractivity contribution < 1.29 is 4.42 Å². The molecule has 6 rings (SSSR count). The number of aromatic nitrogens is 1. The topological polar surface area (TPSA) is 41.9 Å². The molecule has 0 aliphatic carbocycles. The minimum absolute atomic E-state index is 0.556. The number of aryl methyl sites for hydroxylation is 1. The van der Waals surface area contributed by atoms with Gasteiger partial charge in [-0.1, -0.05) is 60.7 Å². The minimum Gasteiger partial charge on any atom is -0.455 e. The van der Waals surface area contributed by atoms with Gasteiger partial charge in [0.15, 0.2) is 5.58 Å². The van der Waals surface area contributed by atoms with Crippen LogP contribution in [0.1, 0.15) is 23.7 Å². The van der Waals surface area contributed by atoms with Gasteiger partial charge in [0.05, 0.1) is 16.8 Å². The van der Waals surface area contributed by atoms with E-state index in [-0.39, 0.29) is 0 Å². The SMILES string of the molecule is C/C=C\c1c(C)c2ccccc2n1-c1ccccc1-c1ccc2oc3c(C#N)cccc3c2c1. The van der Waals surface area contributed by atoms with Crippen LogP contribution >= 0.6 is 0 Å². The first-order chi connectivity index (χ1) is 16.7. The van der Waals surface area contributed by atoms with Crippen LogP contribution in [0.25, 0.3) is 55.7 Å². The molecule has 3 nitrogen and oxygen atoms in total. The van der Waals surface area contributed by atoms with Crippen LogP contribution in [0.2, 0.25) is 0 Å². The van der Waals surface area contributed by atoms with Gasteiger partial charge in [-0.15, -0.1) is 0 Å². The van der Waals surface area contributed by atoms with Gasteiger partial charge in [0.2, 0.25) is 0 Å². The van der Waals surface area contributed by atoms with E-state index in [0.717, 1.165) is 33.2 Å². The second kappa shape index (κ2) is 7.79. The Bertz CT molecular complexity index is 1790. The molecule has 0 aliphatic rings. The molecule has 0 radical (unpaired) electrons. The van der Waals surface area contributed by atoms with E-state index in [4.69, 9.17) is 4.42 Å². The fourth-order valence-corrected chi connectivity index (χ4v) is 5.00. The summed E-state index contributed by atoms with van der Waals surface area (Å²) in [6, 6.07) is 31.3. The Morgan fingerprint density at radius 3 is 2.50 bits per heavy atom. The number of para-hydroxylation sites is 3. The number of benzene rings is 4. The maximum atomic E-state index is 9.50. The van der Waals surface area contributed by atoms with Gasteiger partial charge >= 0.3 is 0 Å². The van der Waals surface area contributed by atoms with Gasteiger partial charge < -0.3 is 8.98 Å². The van der Waals surface area contributed by atoms with Crippen LogP contribution in [0.3, 0.4) is 0 Å². The van der Waals surface area contributed by atoms with Crippen LogP contribution in [0.4, 0.5) is 0 Å². The minimum atomic E-state index is 0.556. The molecule has 3 heteroatoms. The molecule has 4 aromatic carbocycles. The summed E-state index contributed by atoms with van der Waals surface area (Å²) in [6.45, 7) is 4.24. The third-order valence-electron chi connectivity index (χ3n) is 6.57. The van der Waals surface area contributed by atoms with E-state index in [2.05, 4.69) is 97.3 Å². The van der Waals surface area contributed by atoms with Crippen LogP contribution in [-0.4, -0.2) is 4.57 Å². The molecule has 0 spiro atoms. The molecule has 0 saturated carbocycles. The number of furan rings is 1. The Morgan fingerprint density at radius 1 is 0.853 bits per heavy atom. The molecular weight excluding hydrogens is 416 g/mol. The molecular formula is C31H22N2O. The zero-order valence-electron chi connectivity index (χ0n) is 19.0. The zero-order chi connectivity index (χ0) is 23.2. The number of hydrogen-bond acceptors (Lipinski definition) is 2. The summed E-state index contributed by atoms with van der Waals surface area (Å²) in [6.07, 6.45) is 4.28. The number of hydrogen-bond donors (Lipinski definition) is 0. The molecule has 0 fully saturated rings. The van der Waals surface area contributed by atoms with Crippen molar-refractivity contribution in [1.29, 1.82) is 5.26 Å². The van der Waals surface area contributed by atoms with Crippen molar-refractivity contribution in [3.05, 3.63) is 108 Å². The molecule has 6 aromatic rings. The summed E-state index contributed by atoms with van der Waals surface area (Å²) in [4.78, 5) is 0. The second-order valence-electron chi connectivity index (χ2n) is 8.49. The van der Waals surface area contributed by atoms with Crippen molar-refractivity contribution >= 4 is 38.9 Å². The van der Waals surface area contributed by atoms with Crippen LogP contribution in [-0.2, 0) is 0 Å². The Labute approximate surface area is 197 Å². The molecule has 2 heterocycles. The van der Waals surface area contributed by atoms with Gasteiger partial charge in [0, 0.05) is 27.4 Å². The van der Waals surface area contributed by atoms with Crippen molar-refractivity contribution in [1.82, 2.24) is 4.57 Å². The van der Waals surface area contributed by atoms with Crippen LogP contribution < -0.4 is 0 Å². The average molecular weight is 439 g/mol. The van der Waals surface area contributed by atoms with E-state index < -0.39 is 0 Å². The lowest BCUT2D eigenvalue weighted by Gasteiger charge is -2.15. The monoisotopic (exact) mass is 438 g/mol. The number of allylic oxidation sites excluding steroid dienone is 1. The lowest BCUT2D eigenvalue weighted by Crippen LogP contribution is -1.99. The number of nitrogens with zero attached hydrogens (tertiary/aromatic N) is 2. The summed E-state index contributed by atoms with van der Waals surface area (Å²) >= 11 is 0. The summed E-state index contributed by atoms with van der Waals surface area (Å²) in [7, 11) is 0. The predicted molar refractivity (Wildman–Crippen MR) is 140 cm³/mol. The standard InChI is InChI=1S/C31H22N2O/c1-3-9-27-20(2)23-11-4-6-14-28(23)33(27)29-15-7-5-12-24(29)21-16-17-30-26(18-21)25-13-8-10-22(19-32)31(25)34-30/h3-18H,1-2H3/b9-3-. The number of nitriles is 1. The third kappa shape index (κ3) is 2.89.